The standard InChI is InChI=1S/C19H27BN2O4/c1-6-24-17(23)14-9-7-13(8-10-14)16-21-11-15(12-22-16)20-25-18(2,3)19(4,5)26-20/h7,11-12,14H,6,8-10H2,1-5H3. The molecule has 140 valence electrons. The van der Waals surface area contributed by atoms with Crippen LogP contribution in [0.4, 0.5) is 0 Å². The lowest BCUT2D eigenvalue weighted by molar-refractivity contribution is -0.148. The van der Waals surface area contributed by atoms with E-state index in [-0.39, 0.29) is 23.1 Å². The Kier molecular flexibility index (Phi) is 5.22. The van der Waals surface area contributed by atoms with Crippen LogP contribution >= 0.6 is 0 Å². The van der Waals surface area contributed by atoms with Gasteiger partial charge in [-0.05, 0) is 59.5 Å². The Morgan fingerprint density at radius 2 is 1.85 bits per heavy atom. The molecule has 1 saturated heterocycles. The van der Waals surface area contributed by atoms with Gasteiger partial charge in [-0.15, -0.1) is 0 Å². The molecule has 2 heterocycles. The van der Waals surface area contributed by atoms with Crippen LogP contribution in [0.25, 0.3) is 5.57 Å². The molecule has 0 bridgehead atoms. The van der Waals surface area contributed by atoms with Crippen LogP contribution in [0.3, 0.4) is 0 Å². The number of carbonyl (C=O) groups is 1. The van der Waals surface area contributed by atoms with Gasteiger partial charge in [-0.1, -0.05) is 6.08 Å². The normalized spacial score (nSPS) is 24.3. The van der Waals surface area contributed by atoms with Gasteiger partial charge in [0, 0.05) is 17.9 Å². The molecule has 0 amide bonds. The Morgan fingerprint density at radius 3 is 2.35 bits per heavy atom. The molecule has 0 spiro atoms. The molecule has 1 fully saturated rings. The van der Waals surface area contributed by atoms with Gasteiger partial charge in [0.05, 0.1) is 23.7 Å². The van der Waals surface area contributed by atoms with Gasteiger partial charge in [-0.3, -0.25) is 4.79 Å². The fourth-order valence-corrected chi connectivity index (χ4v) is 3.12. The second kappa shape index (κ2) is 7.12. The molecule has 0 radical (unpaired) electrons. The summed E-state index contributed by atoms with van der Waals surface area (Å²) in [6.07, 6.45) is 7.81. The van der Waals surface area contributed by atoms with Crippen molar-refractivity contribution in [1.82, 2.24) is 9.97 Å². The van der Waals surface area contributed by atoms with Gasteiger partial charge in [-0.2, -0.15) is 0 Å². The van der Waals surface area contributed by atoms with Gasteiger partial charge in [0.2, 0.25) is 0 Å². The first-order valence-corrected chi connectivity index (χ1v) is 9.27. The molecular weight excluding hydrogens is 331 g/mol. The van der Waals surface area contributed by atoms with Crippen LogP contribution in [0.2, 0.25) is 0 Å². The number of carbonyl (C=O) groups excluding carboxylic acids is 1. The first-order chi connectivity index (χ1) is 12.2. The van der Waals surface area contributed by atoms with Crippen molar-refractivity contribution in [2.45, 2.75) is 65.1 Å². The SMILES string of the molecule is CCOC(=O)C1CC=C(c2ncc(B3OC(C)(C)C(C)(C)O3)cn2)CC1. The molecule has 6 nitrogen and oxygen atoms in total. The van der Waals surface area contributed by atoms with E-state index in [0.29, 0.717) is 18.9 Å². The fraction of sp³-hybridized carbons (Fsp3) is 0.632. The van der Waals surface area contributed by atoms with E-state index in [1.54, 1.807) is 12.4 Å². The number of ether oxygens (including phenoxy) is 1. The first-order valence-electron chi connectivity index (χ1n) is 9.27. The Balaban J connectivity index is 1.67. The van der Waals surface area contributed by atoms with Crippen molar-refractivity contribution in [1.29, 1.82) is 0 Å². The molecule has 1 aromatic rings. The molecule has 1 aliphatic carbocycles. The summed E-state index contributed by atoms with van der Waals surface area (Å²) in [6.45, 7) is 10.3. The predicted octanol–water partition coefficient (Wildman–Crippen LogP) is 2.52. The monoisotopic (exact) mass is 358 g/mol. The highest BCUT2D eigenvalue weighted by Crippen LogP contribution is 2.36. The highest BCUT2D eigenvalue weighted by Gasteiger charge is 2.51. The van der Waals surface area contributed by atoms with E-state index in [9.17, 15) is 4.79 Å². The van der Waals surface area contributed by atoms with E-state index >= 15 is 0 Å². The van der Waals surface area contributed by atoms with Crippen LogP contribution in [0.5, 0.6) is 0 Å². The molecule has 0 N–H and O–H groups in total. The zero-order valence-electron chi connectivity index (χ0n) is 16.2. The fourth-order valence-electron chi connectivity index (χ4n) is 3.12. The number of hydrogen-bond donors (Lipinski definition) is 0. The topological polar surface area (TPSA) is 70.5 Å². The highest BCUT2D eigenvalue weighted by molar-refractivity contribution is 6.61. The molecule has 1 aromatic heterocycles. The summed E-state index contributed by atoms with van der Waals surface area (Å²) in [4.78, 5) is 20.8. The lowest BCUT2D eigenvalue weighted by atomic mass is 9.81. The second-order valence-corrected chi connectivity index (χ2v) is 7.88. The zero-order valence-corrected chi connectivity index (χ0v) is 16.2. The number of allylic oxidation sites excluding steroid dienone is 2. The van der Waals surface area contributed by atoms with Gasteiger partial charge < -0.3 is 14.0 Å². The molecule has 0 saturated carbocycles. The number of esters is 1. The maximum atomic E-state index is 11.8. The van der Waals surface area contributed by atoms with Crippen molar-refractivity contribution < 1.29 is 18.8 Å². The molecule has 0 aromatic carbocycles. The maximum Gasteiger partial charge on any atom is 0.498 e. The van der Waals surface area contributed by atoms with Gasteiger partial charge >= 0.3 is 13.1 Å². The van der Waals surface area contributed by atoms with Crippen molar-refractivity contribution in [3.8, 4) is 0 Å². The number of hydrogen-bond acceptors (Lipinski definition) is 6. The van der Waals surface area contributed by atoms with Crippen LogP contribution in [0.15, 0.2) is 18.5 Å². The average molecular weight is 358 g/mol. The second-order valence-electron chi connectivity index (χ2n) is 7.88. The van der Waals surface area contributed by atoms with Crippen molar-refractivity contribution in [3.05, 3.63) is 24.3 Å². The first kappa shape index (κ1) is 19.0. The lowest BCUT2D eigenvalue weighted by Gasteiger charge is -2.32. The van der Waals surface area contributed by atoms with Gasteiger partial charge in [-0.25, -0.2) is 9.97 Å². The summed E-state index contributed by atoms with van der Waals surface area (Å²) in [6, 6.07) is 0. The number of aromatic nitrogens is 2. The molecule has 1 aliphatic heterocycles. The smallest absolute Gasteiger partial charge is 0.466 e. The van der Waals surface area contributed by atoms with E-state index in [1.165, 1.54) is 0 Å². The van der Waals surface area contributed by atoms with Gasteiger partial charge in [0.15, 0.2) is 5.82 Å². The minimum Gasteiger partial charge on any atom is -0.466 e. The zero-order chi connectivity index (χ0) is 18.9. The molecule has 1 unspecified atom stereocenters. The van der Waals surface area contributed by atoms with E-state index in [2.05, 4.69) is 16.0 Å². The quantitative estimate of drug-likeness (QED) is 0.609. The minimum atomic E-state index is -0.456. The van der Waals surface area contributed by atoms with Gasteiger partial charge in [0.1, 0.15) is 0 Å². The summed E-state index contributed by atoms with van der Waals surface area (Å²) < 4.78 is 17.2. The van der Waals surface area contributed by atoms with Crippen LogP contribution in [0, 0.1) is 5.92 Å². The molecule has 7 heteroatoms. The largest absolute Gasteiger partial charge is 0.498 e. The van der Waals surface area contributed by atoms with Crippen molar-refractivity contribution >= 4 is 24.1 Å². The van der Waals surface area contributed by atoms with E-state index in [1.807, 2.05) is 34.6 Å². The summed E-state index contributed by atoms with van der Waals surface area (Å²) in [7, 11) is -0.456. The van der Waals surface area contributed by atoms with Crippen LogP contribution in [-0.2, 0) is 18.8 Å². The summed E-state index contributed by atoms with van der Waals surface area (Å²) >= 11 is 0. The average Bonchev–Trinajstić information content (AvgIpc) is 2.83. The molecule has 1 atom stereocenters. The summed E-state index contributed by atoms with van der Waals surface area (Å²) in [5.41, 5.74) is 1.12. The summed E-state index contributed by atoms with van der Waals surface area (Å²) in [5.74, 6) is 0.537. The third-order valence-corrected chi connectivity index (χ3v) is 5.52. The van der Waals surface area contributed by atoms with Crippen molar-refractivity contribution in [3.63, 3.8) is 0 Å². The lowest BCUT2D eigenvalue weighted by Crippen LogP contribution is -2.41. The molecule has 26 heavy (non-hydrogen) atoms. The third kappa shape index (κ3) is 3.69. The van der Waals surface area contributed by atoms with Crippen LogP contribution < -0.4 is 5.46 Å². The Labute approximate surface area is 155 Å². The Morgan fingerprint density at radius 1 is 1.23 bits per heavy atom. The van der Waals surface area contributed by atoms with Crippen LogP contribution in [0.1, 0.15) is 59.7 Å². The highest BCUT2D eigenvalue weighted by atomic mass is 16.7. The van der Waals surface area contributed by atoms with Crippen LogP contribution in [-0.4, -0.2) is 40.9 Å². The molecule has 3 rings (SSSR count). The third-order valence-electron chi connectivity index (χ3n) is 5.52. The van der Waals surface area contributed by atoms with E-state index in [0.717, 1.165) is 23.9 Å². The predicted molar refractivity (Wildman–Crippen MR) is 99.7 cm³/mol. The van der Waals surface area contributed by atoms with Crippen molar-refractivity contribution in [2.75, 3.05) is 6.61 Å². The Bertz CT molecular complexity index is 684. The van der Waals surface area contributed by atoms with Crippen molar-refractivity contribution in [2.24, 2.45) is 5.92 Å². The minimum absolute atomic E-state index is 0.0530. The van der Waals surface area contributed by atoms with Gasteiger partial charge in [0.25, 0.3) is 0 Å². The molecule has 2 aliphatic rings. The van der Waals surface area contributed by atoms with E-state index < -0.39 is 7.12 Å². The number of nitrogens with zero attached hydrogens (tertiary/aromatic N) is 2. The number of rotatable bonds is 4. The molecular formula is C19H27BN2O4. The van der Waals surface area contributed by atoms with E-state index in [4.69, 9.17) is 14.0 Å². The maximum absolute atomic E-state index is 11.8. The summed E-state index contributed by atoms with van der Waals surface area (Å²) in [5, 5.41) is 0. The Hall–Kier alpha value is -1.73.